The van der Waals surface area contributed by atoms with Crippen molar-refractivity contribution in [3.63, 3.8) is 0 Å². The van der Waals surface area contributed by atoms with E-state index in [9.17, 15) is 24.6 Å². The van der Waals surface area contributed by atoms with Crippen LogP contribution in [-0.2, 0) is 20.7 Å². The van der Waals surface area contributed by atoms with Gasteiger partial charge in [-0.05, 0) is 80.1 Å². The van der Waals surface area contributed by atoms with Gasteiger partial charge in [0.1, 0.15) is 11.5 Å². The van der Waals surface area contributed by atoms with Gasteiger partial charge < -0.3 is 24.8 Å². The SMILES string of the molecule is CCCc1c(OCCCSc2ccc(C(CCC(=O)OC)Sc3ccc(C(O)CCC(=O)O)cc3)cc2)ccc(C(C)=O)c1O. The lowest BCUT2D eigenvalue weighted by Crippen LogP contribution is -2.04. The summed E-state index contributed by atoms with van der Waals surface area (Å²) in [5.74, 6) is 0.0961. The molecule has 0 aromatic heterocycles. The third kappa shape index (κ3) is 11.4. The van der Waals surface area contributed by atoms with Crippen LogP contribution in [0.2, 0.25) is 0 Å². The normalized spacial score (nSPS) is 12.4. The van der Waals surface area contributed by atoms with Crippen molar-refractivity contribution in [2.24, 2.45) is 0 Å². The fourth-order valence-electron chi connectivity index (χ4n) is 4.74. The zero-order chi connectivity index (χ0) is 32.8. The number of esters is 1. The molecule has 0 spiro atoms. The molecular formula is C35H42O8S2. The number of carbonyl (C=O) groups excluding carboxylic acids is 2. The Hall–Kier alpha value is -3.47. The summed E-state index contributed by atoms with van der Waals surface area (Å²) < 4.78 is 10.8. The summed E-state index contributed by atoms with van der Waals surface area (Å²) in [7, 11) is 1.38. The van der Waals surface area contributed by atoms with Gasteiger partial charge in [0, 0.05) is 39.2 Å². The Morgan fingerprint density at radius 3 is 2.18 bits per heavy atom. The number of aliphatic carboxylic acids is 1. The van der Waals surface area contributed by atoms with Crippen LogP contribution in [0.15, 0.2) is 70.5 Å². The molecule has 0 saturated carbocycles. The lowest BCUT2D eigenvalue weighted by atomic mass is 10.0. The zero-order valence-electron chi connectivity index (χ0n) is 26.0. The van der Waals surface area contributed by atoms with Gasteiger partial charge >= 0.3 is 11.9 Å². The standard InChI is InChI=1S/C35H42O8S2/c1-4-6-29-31(17-15-28(23(2)36)35(29)41)43-21-5-22-44-26-11-9-25(10-12-26)32(18-20-34(40)42-3)45-27-13-7-24(8-14-27)30(37)16-19-33(38)39/h7-15,17,30,32,37,41H,4-6,16,18-22H2,1-3H3,(H,38,39). The number of ether oxygens (including phenoxy) is 2. The number of rotatable bonds is 19. The van der Waals surface area contributed by atoms with Gasteiger partial charge in [0.25, 0.3) is 0 Å². The summed E-state index contributed by atoms with van der Waals surface area (Å²) in [6.45, 7) is 3.95. The van der Waals surface area contributed by atoms with E-state index >= 15 is 0 Å². The largest absolute Gasteiger partial charge is 0.507 e. The number of carbonyl (C=O) groups is 3. The van der Waals surface area contributed by atoms with Gasteiger partial charge in [0.15, 0.2) is 5.78 Å². The Morgan fingerprint density at radius 2 is 1.56 bits per heavy atom. The maximum atomic E-state index is 11.9. The first-order valence-electron chi connectivity index (χ1n) is 15.1. The number of benzene rings is 3. The Bertz CT molecular complexity index is 1410. The number of methoxy groups -OCH3 is 1. The van der Waals surface area contributed by atoms with Crippen molar-refractivity contribution < 1.29 is 39.2 Å². The van der Waals surface area contributed by atoms with Crippen LogP contribution in [-0.4, -0.2) is 52.5 Å². The first kappa shape index (κ1) is 36.0. The minimum absolute atomic E-state index is 0.00227. The Morgan fingerprint density at radius 1 is 0.889 bits per heavy atom. The smallest absolute Gasteiger partial charge is 0.305 e. The molecule has 0 saturated heterocycles. The number of phenols is 1. The molecule has 3 aromatic rings. The number of phenolic OH excluding ortho intramolecular Hbond substituents is 1. The number of aromatic hydroxyl groups is 1. The quantitative estimate of drug-likeness (QED) is 0.0509. The number of aliphatic hydroxyl groups is 1. The summed E-state index contributed by atoms with van der Waals surface area (Å²) in [6, 6.07) is 19.1. The predicted molar refractivity (Wildman–Crippen MR) is 178 cm³/mol. The number of hydrogen-bond acceptors (Lipinski definition) is 9. The number of hydrogen-bond donors (Lipinski definition) is 3. The van der Waals surface area contributed by atoms with E-state index in [-0.39, 0.29) is 42.0 Å². The number of carboxylic acid groups (broad SMARTS) is 1. The first-order chi connectivity index (χ1) is 21.6. The van der Waals surface area contributed by atoms with Gasteiger partial charge in [0.2, 0.25) is 0 Å². The molecule has 0 fully saturated rings. The van der Waals surface area contributed by atoms with Crippen molar-refractivity contribution in [3.05, 3.63) is 82.9 Å². The van der Waals surface area contributed by atoms with Crippen molar-refractivity contribution in [1.82, 2.24) is 0 Å². The summed E-state index contributed by atoms with van der Waals surface area (Å²) in [5, 5.41) is 29.7. The predicted octanol–water partition coefficient (Wildman–Crippen LogP) is 7.79. The molecule has 2 atom stereocenters. The van der Waals surface area contributed by atoms with Crippen molar-refractivity contribution >= 4 is 41.2 Å². The van der Waals surface area contributed by atoms with Crippen molar-refractivity contribution in [3.8, 4) is 11.5 Å². The van der Waals surface area contributed by atoms with E-state index < -0.39 is 12.1 Å². The van der Waals surface area contributed by atoms with Crippen LogP contribution in [0.5, 0.6) is 11.5 Å². The van der Waals surface area contributed by atoms with Crippen LogP contribution in [0.1, 0.15) is 90.8 Å². The average Bonchev–Trinajstić information content (AvgIpc) is 3.03. The molecule has 0 amide bonds. The molecule has 45 heavy (non-hydrogen) atoms. The maximum absolute atomic E-state index is 11.9. The summed E-state index contributed by atoms with van der Waals surface area (Å²) in [6.07, 6.45) is 2.35. The van der Waals surface area contributed by atoms with E-state index in [0.717, 1.165) is 33.9 Å². The highest BCUT2D eigenvalue weighted by Gasteiger charge is 2.18. The molecule has 10 heteroatoms. The average molecular weight is 655 g/mol. The maximum Gasteiger partial charge on any atom is 0.305 e. The lowest BCUT2D eigenvalue weighted by molar-refractivity contribution is -0.141. The van der Waals surface area contributed by atoms with Crippen molar-refractivity contribution in [1.29, 1.82) is 0 Å². The number of aliphatic hydroxyl groups excluding tert-OH is 1. The number of ketones is 1. The third-order valence-electron chi connectivity index (χ3n) is 7.20. The summed E-state index contributed by atoms with van der Waals surface area (Å²) in [5.41, 5.74) is 2.75. The van der Waals surface area contributed by atoms with Crippen LogP contribution >= 0.6 is 23.5 Å². The van der Waals surface area contributed by atoms with Crippen molar-refractivity contribution in [2.45, 2.75) is 79.9 Å². The second-order valence-corrected chi connectivity index (χ2v) is 13.0. The Balaban J connectivity index is 1.57. The molecule has 0 bridgehead atoms. The van der Waals surface area contributed by atoms with Gasteiger partial charge in [-0.25, -0.2) is 0 Å². The zero-order valence-corrected chi connectivity index (χ0v) is 27.6. The molecule has 0 aliphatic rings. The van der Waals surface area contributed by atoms with Crippen LogP contribution in [0.4, 0.5) is 0 Å². The van der Waals surface area contributed by atoms with E-state index in [2.05, 4.69) is 24.3 Å². The number of Topliss-reactive ketones (excluding diaryl/α,β-unsaturated/α-hetero) is 1. The number of carboxylic acids is 1. The molecule has 242 valence electrons. The highest BCUT2D eigenvalue weighted by Crippen LogP contribution is 2.40. The fraction of sp³-hybridized carbons (Fsp3) is 0.400. The van der Waals surface area contributed by atoms with Crippen LogP contribution < -0.4 is 4.74 Å². The fourth-order valence-corrected chi connectivity index (χ4v) is 6.72. The van der Waals surface area contributed by atoms with E-state index in [0.29, 0.717) is 41.9 Å². The van der Waals surface area contributed by atoms with E-state index in [1.807, 2.05) is 31.2 Å². The molecule has 0 radical (unpaired) electrons. The Labute approximate surface area is 273 Å². The topological polar surface area (TPSA) is 130 Å². The summed E-state index contributed by atoms with van der Waals surface area (Å²) in [4.78, 5) is 36.6. The summed E-state index contributed by atoms with van der Waals surface area (Å²) >= 11 is 3.35. The van der Waals surface area contributed by atoms with Crippen LogP contribution in [0.25, 0.3) is 0 Å². The molecule has 0 aliphatic carbocycles. The lowest BCUT2D eigenvalue weighted by Gasteiger charge is -2.18. The third-order valence-corrected chi connectivity index (χ3v) is 9.63. The van der Waals surface area contributed by atoms with Gasteiger partial charge in [-0.2, -0.15) is 0 Å². The monoisotopic (exact) mass is 654 g/mol. The van der Waals surface area contributed by atoms with Gasteiger partial charge in [-0.1, -0.05) is 37.6 Å². The van der Waals surface area contributed by atoms with E-state index in [1.54, 1.807) is 35.7 Å². The highest BCUT2D eigenvalue weighted by molar-refractivity contribution is 7.99. The molecule has 3 N–H and O–H groups in total. The van der Waals surface area contributed by atoms with Crippen molar-refractivity contribution in [2.75, 3.05) is 19.5 Å². The highest BCUT2D eigenvalue weighted by atomic mass is 32.2. The number of thioether (sulfide) groups is 2. The van der Waals surface area contributed by atoms with Gasteiger partial charge in [0.05, 0.1) is 25.4 Å². The molecule has 8 nitrogen and oxygen atoms in total. The first-order valence-corrected chi connectivity index (χ1v) is 16.9. The van der Waals surface area contributed by atoms with Gasteiger partial charge in [-0.3, -0.25) is 14.4 Å². The minimum atomic E-state index is -0.940. The molecule has 0 aliphatic heterocycles. The van der Waals surface area contributed by atoms with E-state index in [4.69, 9.17) is 14.6 Å². The minimum Gasteiger partial charge on any atom is -0.507 e. The Kier molecular flexibility index (Phi) is 14.8. The van der Waals surface area contributed by atoms with E-state index in [1.165, 1.54) is 14.0 Å². The van der Waals surface area contributed by atoms with Gasteiger partial charge in [-0.15, -0.1) is 23.5 Å². The van der Waals surface area contributed by atoms with Crippen LogP contribution in [0, 0.1) is 0 Å². The second-order valence-electron chi connectivity index (χ2n) is 10.6. The molecular weight excluding hydrogens is 613 g/mol. The molecule has 3 rings (SSSR count). The second kappa shape index (κ2) is 18.5. The molecule has 3 aromatic carbocycles. The molecule has 2 unspecified atom stereocenters. The van der Waals surface area contributed by atoms with Crippen LogP contribution in [0.3, 0.4) is 0 Å². The molecule has 0 heterocycles.